The Bertz CT molecular complexity index is 339. The first kappa shape index (κ1) is 26.0. The van der Waals surface area contributed by atoms with E-state index in [2.05, 4.69) is 5.32 Å². The molecule has 7 nitrogen and oxygen atoms in total. The second-order valence-electron chi connectivity index (χ2n) is 7.25. The fourth-order valence-electron chi connectivity index (χ4n) is 3.49. The van der Waals surface area contributed by atoms with Gasteiger partial charge in [0.25, 0.3) is 0 Å². The number of rotatable bonds is 14. The molecule has 1 rings (SSSR count). The maximum atomic E-state index is 10.2. The Kier molecular flexibility index (Phi) is 15.0. The Hall–Kier alpha value is 0.01000. The minimum absolute atomic E-state index is 0. The first-order chi connectivity index (χ1) is 12.0. The van der Waals surface area contributed by atoms with Gasteiger partial charge >= 0.3 is 0 Å². The molecule has 1 fully saturated rings. The zero-order valence-electron chi connectivity index (χ0n) is 15.5. The molecule has 0 spiro atoms. The van der Waals surface area contributed by atoms with Gasteiger partial charge in [0.15, 0.2) is 0 Å². The molecule has 1 aliphatic heterocycles. The van der Waals surface area contributed by atoms with Crippen LogP contribution in [0.25, 0.3) is 0 Å². The SMILES string of the molecule is Cl.OCCC[C@H](O)CCCCCCCC[C@H](O)[C@@H]1N[C@@H](CO)[C@H](O)[C@H]1O. The molecular formula is C18H38ClNO6. The Morgan fingerprint density at radius 3 is 1.81 bits per heavy atom. The number of aliphatic hydroxyl groups excluding tert-OH is 6. The maximum Gasteiger partial charge on any atom is 0.0993 e. The van der Waals surface area contributed by atoms with Crippen molar-refractivity contribution in [3.05, 3.63) is 0 Å². The monoisotopic (exact) mass is 399 g/mol. The molecule has 1 aliphatic rings. The molecule has 0 aromatic rings. The molecule has 0 unspecified atom stereocenters. The van der Waals surface area contributed by atoms with Gasteiger partial charge in [-0.05, 0) is 25.7 Å². The molecule has 0 amide bonds. The van der Waals surface area contributed by atoms with E-state index in [4.69, 9.17) is 10.2 Å². The Morgan fingerprint density at radius 2 is 1.27 bits per heavy atom. The molecular weight excluding hydrogens is 362 g/mol. The van der Waals surface area contributed by atoms with Gasteiger partial charge in [-0.15, -0.1) is 12.4 Å². The lowest BCUT2D eigenvalue weighted by molar-refractivity contribution is -0.00443. The van der Waals surface area contributed by atoms with Gasteiger partial charge in [-0.25, -0.2) is 0 Å². The fraction of sp³-hybridized carbons (Fsp3) is 1.00. The topological polar surface area (TPSA) is 133 Å². The van der Waals surface area contributed by atoms with Gasteiger partial charge in [0.2, 0.25) is 0 Å². The molecule has 0 aromatic carbocycles. The highest BCUT2D eigenvalue weighted by Gasteiger charge is 2.43. The second-order valence-corrected chi connectivity index (χ2v) is 7.25. The van der Waals surface area contributed by atoms with Crippen molar-refractivity contribution >= 4 is 12.4 Å². The van der Waals surface area contributed by atoms with E-state index in [1.54, 1.807) is 0 Å². The Balaban J connectivity index is 0.00000625. The van der Waals surface area contributed by atoms with Gasteiger partial charge in [-0.2, -0.15) is 0 Å². The number of hydrogen-bond acceptors (Lipinski definition) is 7. The van der Waals surface area contributed by atoms with Gasteiger partial charge in [0, 0.05) is 6.61 Å². The van der Waals surface area contributed by atoms with Crippen LogP contribution in [0.4, 0.5) is 0 Å². The van der Waals surface area contributed by atoms with Crippen LogP contribution in [0.5, 0.6) is 0 Å². The molecule has 1 heterocycles. The Morgan fingerprint density at radius 1 is 0.731 bits per heavy atom. The molecule has 0 aliphatic carbocycles. The van der Waals surface area contributed by atoms with Crippen molar-refractivity contribution in [2.24, 2.45) is 0 Å². The van der Waals surface area contributed by atoms with E-state index in [0.29, 0.717) is 19.3 Å². The van der Waals surface area contributed by atoms with Crippen molar-refractivity contribution in [2.75, 3.05) is 13.2 Å². The van der Waals surface area contributed by atoms with Gasteiger partial charge in [0.05, 0.1) is 43.1 Å². The van der Waals surface area contributed by atoms with E-state index in [0.717, 1.165) is 44.9 Å². The number of nitrogens with one attached hydrogen (secondary N) is 1. The van der Waals surface area contributed by atoms with Crippen LogP contribution in [0.2, 0.25) is 0 Å². The lowest BCUT2D eigenvalue weighted by Crippen LogP contribution is -2.44. The summed E-state index contributed by atoms with van der Waals surface area (Å²) in [7, 11) is 0. The molecule has 1 saturated heterocycles. The molecule has 7 N–H and O–H groups in total. The zero-order chi connectivity index (χ0) is 18.7. The van der Waals surface area contributed by atoms with E-state index in [9.17, 15) is 20.4 Å². The number of halogens is 1. The molecule has 26 heavy (non-hydrogen) atoms. The summed E-state index contributed by atoms with van der Waals surface area (Å²) in [4.78, 5) is 0. The van der Waals surface area contributed by atoms with E-state index in [1.165, 1.54) is 0 Å². The predicted molar refractivity (Wildman–Crippen MR) is 102 cm³/mol. The molecule has 0 radical (unpaired) electrons. The third-order valence-corrected chi connectivity index (χ3v) is 5.13. The minimum Gasteiger partial charge on any atom is -0.396 e. The molecule has 8 heteroatoms. The van der Waals surface area contributed by atoms with Crippen molar-refractivity contribution in [3.63, 3.8) is 0 Å². The van der Waals surface area contributed by atoms with Gasteiger partial charge < -0.3 is 36.0 Å². The third kappa shape index (κ3) is 9.28. The lowest BCUT2D eigenvalue weighted by atomic mass is 9.98. The number of unbranched alkanes of at least 4 members (excludes halogenated alkanes) is 5. The highest BCUT2D eigenvalue weighted by atomic mass is 35.5. The van der Waals surface area contributed by atoms with Gasteiger partial charge in [-0.1, -0.05) is 38.5 Å². The van der Waals surface area contributed by atoms with Gasteiger partial charge in [0.1, 0.15) is 0 Å². The summed E-state index contributed by atoms with van der Waals surface area (Å²) in [6.07, 6.45) is 5.63. The first-order valence-corrected chi connectivity index (χ1v) is 9.71. The average Bonchev–Trinajstić information content (AvgIpc) is 2.90. The fourth-order valence-corrected chi connectivity index (χ4v) is 3.49. The lowest BCUT2D eigenvalue weighted by Gasteiger charge is -2.22. The summed E-state index contributed by atoms with van der Waals surface area (Å²) in [5, 5.41) is 60.2. The van der Waals surface area contributed by atoms with Crippen molar-refractivity contribution < 1.29 is 30.6 Å². The van der Waals surface area contributed by atoms with Crippen LogP contribution in [0.15, 0.2) is 0 Å². The van der Waals surface area contributed by atoms with Crippen LogP contribution in [-0.2, 0) is 0 Å². The van der Waals surface area contributed by atoms with E-state index in [-0.39, 0.29) is 31.7 Å². The van der Waals surface area contributed by atoms with E-state index >= 15 is 0 Å². The summed E-state index contributed by atoms with van der Waals surface area (Å²) < 4.78 is 0. The summed E-state index contributed by atoms with van der Waals surface area (Å²) >= 11 is 0. The summed E-state index contributed by atoms with van der Waals surface area (Å²) in [5.41, 5.74) is 0. The maximum absolute atomic E-state index is 10.2. The molecule has 0 saturated carbocycles. The number of aliphatic hydroxyl groups is 6. The van der Waals surface area contributed by atoms with E-state index in [1.807, 2.05) is 0 Å². The van der Waals surface area contributed by atoms with Crippen molar-refractivity contribution in [1.82, 2.24) is 5.32 Å². The number of hydrogen-bond donors (Lipinski definition) is 7. The summed E-state index contributed by atoms with van der Waals surface area (Å²) in [6.45, 7) is -0.133. The molecule has 0 bridgehead atoms. The summed E-state index contributed by atoms with van der Waals surface area (Å²) in [6, 6.07) is -1.17. The van der Waals surface area contributed by atoms with Crippen LogP contribution >= 0.6 is 12.4 Å². The van der Waals surface area contributed by atoms with Crippen molar-refractivity contribution in [1.29, 1.82) is 0 Å². The molecule has 158 valence electrons. The minimum atomic E-state index is -1.05. The smallest absolute Gasteiger partial charge is 0.0993 e. The Labute approximate surface area is 162 Å². The highest BCUT2D eigenvalue weighted by Crippen LogP contribution is 2.20. The second kappa shape index (κ2) is 15.0. The highest BCUT2D eigenvalue weighted by molar-refractivity contribution is 5.85. The van der Waals surface area contributed by atoms with Crippen LogP contribution in [-0.4, -0.2) is 80.4 Å². The van der Waals surface area contributed by atoms with Crippen molar-refractivity contribution in [3.8, 4) is 0 Å². The first-order valence-electron chi connectivity index (χ1n) is 9.71. The largest absolute Gasteiger partial charge is 0.396 e. The predicted octanol–water partition coefficient (Wildman–Crippen LogP) is 0.0778. The van der Waals surface area contributed by atoms with Crippen LogP contribution in [0, 0.1) is 0 Å². The molecule has 0 aromatic heterocycles. The molecule has 6 atom stereocenters. The van der Waals surface area contributed by atoms with Gasteiger partial charge in [-0.3, -0.25) is 0 Å². The van der Waals surface area contributed by atoms with Crippen LogP contribution in [0.1, 0.15) is 64.2 Å². The zero-order valence-corrected chi connectivity index (χ0v) is 16.4. The van der Waals surface area contributed by atoms with E-state index < -0.39 is 30.4 Å². The standard InChI is InChI=1S/C18H37NO6.ClH/c20-11-7-9-13(22)8-5-3-1-2-4-6-10-15(23)16-18(25)17(24)14(12-21)19-16;/h13-25H,1-12H2;1H/t13-,14+,15+,16+,17+,18+;/m1./s1. The van der Waals surface area contributed by atoms with Crippen molar-refractivity contribution in [2.45, 2.75) is 101 Å². The summed E-state index contributed by atoms with van der Waals surface area (Å²) in [5.74, 6) is 0. The third-order valence-electron chi connectivity index (χ3n) is 5.13. The normalized spacial score (nSPS) is 27.9. The van der Waals surface area contributed by atoms with Crippen LogP contribution < -0.4 is 5.32 Å². The quantitative estimate of drug-likeness (QED) is 0.206. The average molecular weight is 400 g/mol. The van der Waals surface area contributed by atoms with Crippen LogP contribution in [0.3, 0.4) is 0 Å².